The second kappa shape index (κ2) is 6.59. The van der Waals surface area contributed by atoms with Crippen molar-refractivity contribution < 1.29 is 13.2 Å². The lowest BCUT2D eigenvalue weighted by atomic mass is 10.2. The predicted molar refractivity (Wildman–Crippen MR) is 79.6 cm³/mol. The van der Waals surface area contributed by atoms with E-state index in [0.29, 0.717) is 30.3 Å². The van der Waals surface area contributed by atoms with E-state index in [1.165, 1.54) is 0 Å². The SMILES string of the molecule is CCCCOc1cc(C)ccc1S(=O)(=O)N1CCCC1. The van der Waals surface area contributed by atoms with Crippen molar-refractivity contribution in [2.45, 2.75) is 44.4 Å². The van der Waals surface area contributed by atoms with E-state index >= 15 is 0 Å². The fourth-order valence-corrected chi connectivity index (χ4v) is 3.96. The number of hydrogen-bond acceptors (Lipinski definition) is 3. The Morgan fingerprint density at radius 3 is 2.60 bits per heavy atom. The van der Waals surface area contributed by atoms with Gasteiger partial charge in [0.15, 0.2) is 0 Å². The number of benzene rings is 1. The van der Waals surface area contributed by atoms with Gasteiger partial charge in [0.05, 0.1) is 6.61 Å². The van der Waals surface area contributed by atoms with Crippen molar-refractivity contribution in [1.82, 2.24) is 4.31 Å². The first kappa shape index (κ1) is 15.3. The van der Waals surface area contributed by atoms with Gasteiger partial charge >= 0.3 is 0 Å². The molecule has 4 nitrogen and oxygen atoms in total. The van der Waals surface area contributed by atoms with E-state index < -0.39 is 10.0 Å². The van der Waals surface area contributed by atoms with Crippen LogP contribution in [-0.2, 0) is 10.0 Å². The molecule has 112 valence electrons. The quantitative estimate of drug-likeness (QED) is 0.758. The maximum Gasteiger partial charge on any atom is 0.246 e. The Bertz CT molecular complexity index is 548. The van der Waals surface area contributed by atoms with Crippen LogP contribution in [0.2, 0.25) is 0 Å². The van der Waals surface area contributed by atoms with Crippen LogP contribution < -0.4 is 4.74 Å². The summed E-state index contributed by atoms with van der Waals surface area (Å²) in [6.07, 6.45) is 3.84. The molecule has 1 heterocycles. The fourth-order valence-electron chi connectivity index (χ4n) is 2.34. The fraction of sp³-hybridized carbons (Fsp3) is 0.600. The largest absolute Gasteiger partial charge is 0.492 e. The van der Waals surface area contributed by atoms with E-state index in [-0.39, 0.29) is 0 Å². The van der Waals surface area contributed by atoms with Crippen LogP contribution in [0, 0.1) is 6.92 Å². The summed E-state index contributed by atoms with van der Waals surface area (Å²) in [6, 6.07) is 5.32. The molecule has 0 aromatic heterocycles. The smallest absolute Gasteiger partial charge is 0.246 e. The number of nitrogens with zero attached hydrogens (tertiary/aromatic N) is 1. The first-order valence-corrected chi connectivity index (χ1v) is 8.73. The molecular weight excluding hydrogens is 274 g/mol. The van der Waals surface area contributed by atoms with Crippen LogP contribution in [0.25, 0.3) is 0 Å². The van der Waals surface area contributed by atoms with Crippen LogP contribution in [0.4, 0.5) is 0 Å². The lowest BCUT2D eigenvalue weighted by Crippen LogP contribution is -2.28. The van der Waals surface area contributed by atoms with Gasteiger partial charge in [-0.25, -0.2) is 8.42 Å². The standard InChI is InChI=1S/C15H23NO3S/c1-3-4-11-19-14-12-13(2)7-8-15(14)20(17,18)16-9-5-6-10-16/h7-8,12H,3-6,9-11H2,1-2H3. The van der Waals surface area contributed by atoms with E-state index in [1.54, 1.807) is 10.4 Å². The van der Waals surface area contributed by atoms with Gasteiger partial charge < -0.3 is 4.74 Å². The molecule has 2 rings (SSSR count). The van der Waals surface area contributed by atoms with Gasteiger partial charge in [0.2, 0.25) is 10.0 Å². The zero-order chi connectivity index (χ0) is 14.6. The summed E-state index contributed by atoms with van der Waals surface area (Å²) < 4.78 is 32.5. The highest BCUT2D eigenvalue weighted by atomic mass is 32.2. The molecule has 1 aromatic carbocycles. The first-order chi connectivity index (χ1) is 9.55. The van der Waals surface area contributed by atoms with Gasteiger partial charge in [0, 0.05) is 13.1 Å². The third kappa shape index (κ3) is 3.33. The molecule has 1 fully saturated rings. The summed E-state index contributed by atoms with van der Waals surface area (Å²) in [5.41, 5.74) is 1.01. The molecular formula is C15H23NO3S. The number of hydrogen-bond donors (Lipinski definition) is 0. The van der Waals surface area contributed by atoms with Crippen LogP contribution in [0.5, 0.6) is 5.75 Å². The number of ether oxygens (including phenoxy) is 1. The van der Waals surface area contributed by atoms with E-state index in [2.05, 4.69) is 6.92 Å². The van der Waals surface area contributed by atoms with Gasteiger partial charge in [-0.1, -0.05) is 19.4 Å². The molecule has 0 spiro atoms. The average Bonchev–Trinajstić information content (AvgIpc) is 2.93. The van der Waals surface area contributed by atoms with E-state index in [9.17, 15) is 8.42 Å². The van der Waals surface area contributed by atoms with Gasteiger partial charge in [-0.3, -0.25) is 0 Å². The minimum Gasteiger partial charge on any atom is -0.492 e. The highest BCUT2D eigenvalue weighted by Gasteiger charge is 2.29. The molecule has 0 atom stereocenters. The first-order valence-electron chi connectivity index (χ1n) is 7.29. The lowest BCUT2D eigenvalue weighted by molar-refractivity contribution is 0.300. The summed E-state index contributed by atoms with van der Waals surface area (Å²) in [6.45, 7) is 5.82. The molecule has 5 heteroatoms. The molecule has 0 N–H and O–H groups in total. The second-order valence-electron chi connectivity index (χ2n) is 5.26. The lowest BCUT2D eigenvalue weighted by Gasteiger charge is -2.18. The summed E-state index contributed by atoms with van der Waals surface area (Å²) in [7, 11) is -3.41. The number of sulfonamides is 1. The predicted octanol–water partition coefficient (Wildman–Crippen LogP) is 2.96. The molecule has 20 heavy (non-hydrogen) atoms. The van der Waals surface area contributed by atoms with Gasteiger partial charge in [-0.05, 0) is 43.9 Å². The Hall–Kier alpha value is -1.07. The highest BCUT2D eigenvalue weighted by molar-refractivity contribution is 7.89. The van der Waals surface area contributed by atoms with Crippen molar-refractivity contribution in [3.63, 3.8) is 0 Å². The normalized spacial score (nSPS) is 16.5. The van der Waals surface area contributed by atoms with Gasteiger partial charge in [0.1, 0.15) is 10.6 Å². The van der Waals surface area contributed by atoms with E-state index in [1.807, 2.05) is 19.1 Å². The van der Waals surface area contributed by atoms with Gasteiger partial charge in [-0.2, -0.15) is 4.31 Å². The number of aryl methyl sites for hydroxylation is 1. The Morgan fingerprint density at radius 2 is 1.95 bits per heavy atom. The Balaban J connectivity index is 2.29. The average molecular weight is 297 g/mol. The molecule has 1 aliphatic rings. The number of unbranched alkanes of at least 4 members (excludes halogenated alkanes) is 1. The molecule has 0 bridgehead atoms. The van der Waals surface area contributed by atoms with Crippen LogP contribution >= 0.6 is 0 Å². The molecule has 0 aliphatic carbocycles. The summed E-state index contributed by atoms with van der Waals surface area (Å²) in [4.78, 5) is 0.307. The van der Waals surface area contributed by atoms with Crippen molar-refractivity contribution in [3.8, 4) is 5.75 Å². The van der Waals surface area contributed by atoms with Crippen molar-refractivity contribution in [2.24, 2.45) is 0 Å². The Labute approximate surface area is 121 Å². The Kier molecular flexibility index (Phi) is 5.05. The highest BCUT2D eigenvalue weighted by Crippen LogP contribution is 2.30. The zero-order valence-corrected chi connectivity index (χ0v) is 13.1. The Morgan fingerprint density at radius 1 is 1.25 bits per heavy atom. The zero-order valence-electron chi connectivity index (χ0n) is 12.3. The molecule has 0 unspecified atom stereocenters. The molecule has 1 saturated heterocycles. The monoisotopic (exact) mass is 297 g/mol. The third-order valence-electron chi connectivity index (χ3n) is 3.54. The minimum absolute atomic E-state index is 0.307. The van der Waals surface area contributed by atoms with Crippen LogP contribution in [0.1, 0.15) is 38.2 Å². The summed E-state index contributed by atoms with van der Waals surface area (Å²) >= 11 is 0. The van der Waals surface area contributed by atoms with Gasteiger partial charge in [-0.15, -0.1) is 0 Å². The molecule has 1 aromatic rings. The summed E-state index contributed by atoms with van der Waals surface area (Å²) in [5, 5.41) is 0. The molecule has 0 radical (unpaired) electrons. The van der Waals surface area contributed by atoms with Gasteiger partial charge in [0.25, 0.3) is 0 Å². The van der Waals surface area contributed by atoms with E-state index in [0.717, 1.165) is 31.2 Å². The molecule has 0 amide bonds. The van der Waals surface area contributed by atoms with Crippen molar-refractivity contribution in [3.05, 3.63) is 23.8 Å². The van der Waals surface area contributed by atoms with Crippen molar-refractivity contribution >= 4 is 10.0 Å². The maximum atomic E-state index is 12.6. The van der Waals surface area contributed by atoms with Crippen molar-refractivity contribution in [2.75, 3.05) is 19.7 Å². The minimum atomic E-state index is -3.41. The van der Waals surface area contributed by atoms with Crippen LogP contribution in [-0.4, -0.2) is 32.4 Å². The summed E-state index contributed by atoms with van der Waals surface area (Å²) in [5.74, 6) is 0.491. The second-order valence-corrected chi connectivity index (χ2v) is 7.17. The van der Waals surface area contributed by atoms with Crippen LogP contribution in [0.15, 0.2) is 23.1 Å². The van der Waals surface area contributed by atoms with Crippen LogP contribution in [0.3, 0.4) is 0 Å². The topological polar surface area (TPSA) is 46.6 Å². The molecule has 0 saturated carbocycles. The third-order valence-corrected chi connectivity index (χ3v) is 5.48. The van der Waals surface area contributed by atoms with Crippen molar-refractivity contribution in [1.29, 1.82) is 0 Å². The number of rotatable bonds is 6. The molecule has 1 aliphatic heterocycles. The van der Waals surface area contributed by atoms with E-state index in [4.69, 9.17) is 4.74 Å². The maximum absolute atomic E-state index is 12.6.